The number of carbonyl (C=O) groups is 1. The maximum Gasteiger partial charge on any atom is 0.181 e. The number of aromatic nitrogens is 4. The van der Waals surface area contributed by atoms with Gasteiger partial charge in [-0.25, -0.2) is 4.98 Å². The molecule has 7 nitrogen and oxygen atoms in total. The van der Waals surface area contributed by atoms with Gasteiger partial charge in [0.15, 0.2) is 11.6 Å². The Bertz CT molecular complexity index is 916. The first-order valence-corrected chi connectivity index (χ1v) is 9.53. The van der Waals surface area contributed by atoms with Crippen LogP contribution < -0.4 is 5.32 Å². The minimum absolute atomic E-state index is 0.197. The van der Waals surface area contributed by atoms with Crippen molar-refractivity contribution in [3.05, 3.63) is 60.7 Å². The number of anilines is 1. The number of piperidine rings is 1. The number of para-hydroxylation sites is 1. The van der Waals surface area contributed by atoms with Gasteiger partial charge in [0.05, 0.1) is 12.1 Å². The third-order valence-corrected chi connectivity index (χ3v) is 5.19. The van der Waals surface area contributed by atoms with Gasteiger partial charge in [0.2, 0.25) is 0 Å². The molecule has 0 aliphatic carbocycles. The van der Waals surface area contributed by atoms with Crippen LogP contribution in [0.25, 0.3) is 11.4 Å². The van der Waals surface area contributed by atoms with Crippen LogP contribution in [0, 0.1) is 0 Å². The number of hydrogen-bond acceptors (Lipinski definition) is 6. The van der Waals surface area contributed by atoms with E-state index >= 15 is 0 Å². The van der Waals surface area contributed by atoms with E-state index in [1.807, 2.05) is 30.3 Å². The van der Waals surface area contributed by atoms with Gasteiger partial charge in [0, 0.05) is 36.7 Å². The highest BCUT2D eigenvalue weighted by atomic mass is 16.1. The fourth-order valence-electron chi connectivity index (χ4n) is 3.73. The van der Waals surface area contributed by atoms with Crippen molar-refractivity contribution in [3.8, 4) is 11.4 Å². The maximum atomic E-state index is 11.5. The lowest BCUT2D eigenvalue weighted by Gasteiger charge is -2.41. The van der Waals surface area contributed by atoms with Crippen molar-refractivity contribution in [3.63, 3.8) is 0 Å². The SMILES string of the molecule is CC(=O)CN1CCC(Nc2ccccc2)(c2nc(-c3ccncc3)n[nH]2)CC1. The van der Waals surface area contributed by atoms with E-state index in [-0.39, 0.29) is 11.3 Å². The zero-order valence-electron chi connectivity index (χ0n) is 15.9. The van der Waals surface area contributed by atoms with E-state index in [1.165, 1.54) is 0 Å². The molecule has 7 heteroatoms. The summed E-state index contributed by atoms with van der Waals surface area (Å²) in [7, 11) is 0. The number of pyridine rings is 1. The molecular formula is C21H24N6O. The van der Waals surface area contributed by atoms with Crippen LogP contribution in [0.3, 0.4) is 0 Å². The van der Waals surface area contributed by atoms with Crippen LogP contribution in [0.1, 0.15) is 25.6 Å². The molecular weight excluding hydrogens is 352 g/mol. The molecule has 28 heavy (non-hydrogen) atoms. The second-order valence-corrected chi connectivity index (χ2v) is 7.29. The molecule has 144 valence electrons. The summed E-state index contributed by atoms with van der Waals surface area (Å²) in [4.78, 5) is 22.6. The number of Topliss-reactive ketones (excluding diaryl/α,β-unsaturated/α-hetero) is 1. The highest BCUT2D eigenvalue weighted by Gasteiger charge is 2.39. The predicted octanol–water partition coefficient (Wildman–Crippen LogP) is 2.86. The van der Waals surface area contributed by atoms with E-state index in [1.54, 1.807) is 19.3 Å². The standard InChI is InChI=1S/C21H24N6O/c1-16(28)15-27-13-9-21(10-14-27,24-18-5-3-2-4-6-18)20-23-19(25-26-20)17-7-11-22-12-8-17/h2-8,11-12,24H,9-10,13-15H2,1H3,(H,23,25,26). The number of rotatable bonds is 6. The summed E-state index contributed by atoms with van der Waals surface area (Å²) in [5.74, 6) is 1.69. The molecule has 2 N–H and O–H groups in total. The third-order valence-electron chi connectivity index (χ3n) is 5.19. The highest BCUT2D eigenvalue weighted by molar-refractivity contribution is 5.77. The molecule has 1 aliphatic heterocycles. The van der Waals surface area contributed by atoms with Crippen molar-refractivity contribution in [2.75, 3.05) is 25.0 Å². The molecule has 1 fully saturated rings. The van der Waals surface area contributed by atoms with Crippen LogP contribution >= 0.6 is 0 Å². The molecule has 0 atom stereocenters. The maximum absolute atomic E-state index is 11.5. The summed E-state index contributed by atoms with van der Waals surface area (Å²) in [5, 5.41) is 11.3. The molecule has 0 bridgehead atoms. The van der Waals surface area contributed by atoms with Crippen molar-refractivity contribution in [2.45, 2.75) is 25.3 Å². The van der Waals surface area contributed by atoms with Gasteiger partial charge in [-0.05, 0) is 44.0 Å². The lowest BCUT2D eigenvalue weighted by Crippen LogP contribution is -2.48. The van der Waals surface area contributed by atoms with Gasteiger partial charge in [-0.1, -0.05) is 18.2 Å². The first-order valence-electron chi connectivity index (χ1n) is 9.53. The molecule has 1 aromatic carbocycles. The minimum Gasteiger partial charge on any atom is -0.373 e. The zero-order chi connectivity index (χ0) is 19.4. The zero-order valence-corrected chi connectivity index (χ0v) is 15.9. The van der Waals surface area contributed by atoms with Crippen molar-refractivity contribution in [2.24, 2.45) is 0 Å². The number of nitrogens with one attached hydrogen (secondary N) is 2. The summed E-state index contributed by atoms with van der Waals surface area (Å²) in [5.41, 5.74) is 1.62. The van der Waals surface area contributed by atoms with Crippen LogP contribution in [0.4, 0.5) is 5.69 Å². The normalized spacial score (nSPS) is 16.6. The number of benzene rings is 1. The lowest BCUT2D eigenvalue weighted by molar-refractivity contribution is -0.118. The number of hydrogen-bond donors (Lipinski definition) is 2. The largest absolute Gasteiger partial charge is 0.373 e. The third kappa shape index (κ3) is 3.94. The fraction of sp³-hybridized carbons (Fsp3) is 0.333. The Hall–Kier alpha value is -3.06. The van der Waals surface area contributed by atoms with Crippen molar-refractivity contribution < 1.29 is 4.79 Å². The monoisotopic (exact) mass is 376 g/mol. The van der Waals surface area contributed by atoms with Crippen LogP contribution in [0.5, 0.6) is 0 Å². The molecule has 0 unspecified atom stereocenters. The Kier molecular flexibility index (Phi) is 5.16. The van der Waals surface area contributed by atoms with Gasteiger partial charge in [-0.2, -0.15) is 5.10 Å². The van der Waals surface area contributed by atoms with E-state index in [0.717, 1.165) is 43.0 Å². The van der Waals surface area contributed by atoms with Gasteiger partial charge in [-0.15, -0.1) is 0 Å². The molecule has 0 saturated carbocycles. The first kappa shape index (κ1) is 18.3. The number of ketones is 1. The first-order chi connectivity index (χ1) is 13.6. The Labute approximate surface area is 164 Å². The summed E-state index contributed by atoms with van der Waals surface area (Å²) in [6.45, 7) is 3.79. The number of carbonyl (C=O) groups excluding carboxylic acids is 1. The van der Waals surface area contributed by atoms with E-state index in [4.69, 9.17) is 4.98 Å². The molecule has 0 spiro atoms. The Morgan fingerprint density at radius 3 is 2.54 bits per heavy atom. The molecule has 1 aliphatic rings. The number of H-pyrrole nitrogens is 1. The summed E-state index contributed by atoms with van der Waals surface area (Å²) in [6.07, 6.45) is 5.15. The van der Waals surface area contributed by atoms with Crippen molar-refractivity contribution in [1.29, 1.82) is 0 Å². The van der Waals surface area contributed by atoms with E-state index in [0.29, 0.717) is 12.4 Å². The molecule has 1 saturated heterocycles. The minimum atomic E-state index is -0.354. The van der Waals surface area contributed by atoms with Crippen molar-refractivity contribution >= 4 is 11.5 Å². The molecule has 3 heterocycles. The quantitative estimate of drug-likeness (QED) is 0.688. The number of nitrogens with zero attached hydrogens (tertiary/aromatic N) is 4. The average Bonchev–Trinajstić information content (AvgIpc) is 3.22. The number of likely N-dealkylation sites (tertiary alicyclic amines) is 1. The molecule has 3 aromatic rings. The fourth-order valence-corrected chi connectivity index (χ4v) is 3.73. The second-order valence-electron chi connectivity index (χ2n) is 7.29. The van der Waals surface area contributed by atoms with Gasteiger partial charge < -0.3 is 5.32 Å². The van der Waals surface area contributed by atoms with E-state index < -0.39 is 0 Å². The highest BCUT2D eigenvalue weighted by Crippen LogP contribution is 2.35. The summed E-state index contributed by atoms with van der Waals surface area (Å²) in [6, 6.07) is 14.0. The predicted molar refractivity (Wildman–Crippen MR) is 108 cm³/mol. The van der Waals surface area contributed by atoms with Crippen LogP contribution in [0.15, 0.2) is 54.9 Å². The topological polar surface area (TPSA) is 86.8 Å². The second kappa shape index (κ2) is 7.90. The molecule has 4 rings (SSSR count). The van der Waals surface area contributed by atoms with Crippen molar-refractivity contribution in [1.82, 2.24) is 25.1 Å². The van der Waals surface area contributed by atoms with E-state index in [9.17, 15) is 4.79 Å². The lowest BCUT2D eigenvalue weighted by atomic mass is 9.86. The molecule has 0 amide bonds. The van der Waals surface area contributed by atoms with Crippen LogP contribution in [-0.4, -0.2) is 50.5 Å². The number of aromatic amines is 1. The smallest absolute Gasteiger partial charge is 0.181 e. The Morgan fingerprint density at radius 2 is 1.86 bits per heavy atom. The summed E-state index contributed by atoms with van der Waals surface area (Å²) < 4.78 is 0. The molecule has 2 aromatic heterocycles. The Balaban J connectivity index is 1.62. The van der Waals surface area contributed by atoms with Gasteiger partial charge in [0.1, 0.15) is 5.78 Å². The van der Waals surface area contributed by atoms with Crippen LogP contribution in [0.2, 0.25) is 0 Å². The van der Waals surface area contributed by atoms with Gasteiger partial charge >= 0.3 is 0 Å². The Morgan fingerprint density at radius 1 is 1.14 bits per heavy atom. The van der Waals surface area contributed by atoms with Gasteiger partial charge in [-0.3, -0.25) is 19.8 Å². The van der Waals surface area contributed by atoms with Gasteiger partial charge in [0.25, 0.3) is 0 Å². The van der Waals surface area contributed by atoms with Crippen LogP contribution in [-0.2, 0) is 10.3 Å². The molecule has 0 radical (unpaired) electrons. The summed E-state index contributed by atoms with van der Waals surface area (Å²) >= 11 is 0. The average molecular weight is 376 g/mol. The van der Waals surface area contributed by atoms with E-state index in [2.05, 4.69) is 37.5 Å².